The lowest BCUT2D eigenvalue weighted by Gasteiger charge is -2.15. The number of fused-ring (bicyclic) bond motifs is 14. The zero-order valence-electron chi connectivity index (χ0n) is 35.5. The summed E-state index contributed by atoms with van der Waals surface area (Å²) in [4.78, 5) is 16.3. The topological polar surface area (TPSA) is 56.7 Å². The van der Waals surface area contributed by atoms with Gasteiger partial charge in [0.25, 0.3) is 0 Å². The second kappa shape index (κ2) is 14.3. The maximum atomic E-state index is 6.94. The van der Waals surface area contributed by atoms with Crippen LogP contribution in [0, 0.1) is 0 Å². The first-order valence-electron chi connectivity index (χ1n) is 22.3. The summed E-state index contributed by atoms with van der Waals surface area (Å²) < 4.78 is 9.24. The van der Waals surface area contributed by atoms with E-state index in [1.165, 1.54) is 21.5 Å². The molecule has 5 heteroatoms. The lowest BCUT2D eigenvalue weighted by molar-refractivity contribution is 0.670. The van der Waals surface area contributed by atoms with Crippen LogP contribution in [0.4, 0.5) is 0 Å². The van der Waals surface area contributed by atoms with Crippen LogP contribution in [0.25, 0.3) is 138 Å². The van der Waals surface area contributed by atoms with Gasteiger partial charge in [-0.1, -0.05) is 206 Å². The number of hydrogen-bond acceptors (Lipinski definition) is 4. The van der Waals surface area contributed by atoms with Crippen molar-refractivity contribution >= 4 is 86.8 Å². The zero-order valence-corrected chi connectivity index (χ0v) is 35.5. The zero-order chi connectivity index (χ0) is 43.3. The Kier molecular flexibility index (Phi) is 7.91. The van der Waals surface area contributed by atoms with E-state index in [0.717, 1.165) is 98.7 Å². The third-order valence-corrected chi connectivity index (χ3v) is 13.4. The van der Waals surface area contributed by atoms with Crippen molar-refractivity contribution in [2.24, 2.45) is 0 Å². The van der Waals surface area contributed by atoms with Crippen molar-refractivity contribution in [3.05, 3.63) is 218 Å². The standard InChI is InChI=1S/C61H36N4O/c1-2-14-37(15-3-1)39-28-31-41(32-29-39)59-62-60(43-33-30-38-16-4-5-18-42(38)36-43)64-61(63-59)65-56-49(50-25-13-27-52-54-44-19-7-6-17-40(44)34-35-53(54)66-58(50)52)24-12-26-51(56)55-47-22-10-8-20-45(47)46-21-9-11-23-48(46)57(55)65/h1-36H. The van der Waals surface area contributed by atoms with Crippen LogP contribution in [0.1, 0.15) is 0 Å². The van der Waals surface area contributed by atoms with Crippen LogP contribution in [0.3, 0.4) is 0 Å². The fourth-order valence-corrected chi connectivity index (χ4v) is 10.4. The van der Waals surface area contributed by atoms with Crippen molar-refractivity contribution in [3.8, 4) is 51.0 Å². The molecule has 0 N–H and O–H groups in total. The summed E-state index contributed by atoms with van der Waals surface area (Å²) in [6.07, 6.45) is 0. The van der Waals surface area contributed by atoms with E-state index in [0.29, 0.717) is 17.6 Å². The smallest absolute Gasteiger partial charge is 0.238 e. The molecule has 0 bridgehead atoms. The molecule has 306 valence electrons. The second-order valence-electron chi connectivity index (χ2n) is 17.1. The summed E-state index contributed by atoms with van der Waals surface area (Å²) in [7, 11) is 0. The van der Waals surface area contributed by atoms with Crippen molar-refractivity contribution in [2.45, 2.75) is 0 Å². The Morgan fingerprint density at radius 1 is 0.318 bits per heavy atom. The van der Waals surface area contributed by atoms with Gasteiger partial charge in [-0.2, -0.15) is 9.97 Å². The summed E-state index contributed by atoms with van der Waals surface area (Å²) >= 11 is 0. The fraction of sp³-hybridized carbons (Fsp3) is 0. The molecular weight excluding hydrogens is 805 g/mol. The Morgan fingerprint density at radius 2 is 0.879 bits per heavy atom. The van der Waals surface area contributed by atoms with Crippen LogP contribution in [0.15, 0.2) is 223 Å². The normalized spacial score (nSPS) is 11.9. The van der Waals surface area contributed by atoms with Crippen LogP contribution < -0.4 is 0 Å². The summed E-state index contributed by atoms with van der Waals surface area (Å²) in [5.74, 6) is 1.72. The van der Waals surface area contributed by atoms with Crippen molar-refractivity contribution in [1.29, 1.82) is 0 Å². The molecule has 5 nitrogen and oxygen atoms in total. The van der Waals surface area contributed by atoms with Crippen molar-refractivity contribution in [2.75, 3.05) is 0 Å². The molecule has 0 radical (unpaired) electrons. The van der Waals surface area contributed by atoms with Crippen molar-refractivity contribution in [1.82, 2.24) is 19.5 Å². The summed E-state index contributed by atoms with van der Waals surface area (Å²) in [5.41, 5.74) is 9.84. The summed E-state index contributed by atoms with van der Waals surface area (Å²) in [6.45, 7) is 0. The molecule has 0 atom stereocenters. The van der Waals surface area contributed by atoms with Crippen LogP contribution in [-0.2, 0) is 0 Å². The molecule has 3 heterocycles. The summed E-state index contributed by atoms with van der Waals surface area (Å²) in [6, 6.07) is 77.3. The Hall–Kier alpha value is -8.93. The van der Waals surface area contributed by atoms with Gasteiger partial charge in [0.2, 0.25) is 5.95 Å². The average molecular weight is 841 g/mol. The van der Waals surface area contributed by atoms with Gasteiger partial charge in [-0.15, -0.1) is 0 Å². The SMILES string of the molecule is c1ccc(-c2ccc(-c3nc(-c4ccc5ccccc5c4)nc(-n4c5c(-c6cccc7c6oc6ccc8ccccc8c67)cccc5c5c6ccccc6c6ccccc6c54)n3)cc2)cc1. The van der Waals surface area contributed by atoms with E-state index >= 15 is 0 Å². The van der Waals surface area contributed by atoms with Crippen molar-refractivity contribution < 1.29 is 4.42 Å². The predicted molar refractivity (Wildman–Crippen MR) is 273 cm³/mol. The highest BCUT2D eigenvalue weighted by Gasteiger charge is 2.26. The van der Waals surface area contributed by atoms with Crippen LogP contribution in [-0.4, -0.2) is 19.5 Å². The molecule has 66 heavy (non-hydrogen) atoms. The third-order valence-electron chi connectivity index (χ3n) is 13.4. The number of furan rings is 1. The molecule has 0 aliphatic rings. The first-order valence-corrected chi connectivity index (χ1v) is 22.3. The number of rotatable bonds is 5. The van der Waals surface area contributed by atoms with Crippen molar-refractivity contribution in [3.63, 3.8) is 0 Å². The minimum Gasteiger partial charge on any atom is -0.455 e. The molecule has 0 unspecified atom stereocenters. The first-order chi connectivity index (χ1) is 32.7. The third kappa shape index (κ3) is 5.50. The van der Waals surface area contributed by atoms with E-state index in [2.05, 4.69) is 217 Å². The number of benzene rings is 11. The van der Waals surface area contributed by atoms with Gasteiger partial charge < -0.3 is 4.42 Å². The van der Waals surface area contributed by atoms with Gasteiger partial charge >= 0.3 is 0 Å². The first kappa shape index (κ1) is 36.5. The molecule has 3 aromatic heterocycles. The lowest BCUT2D eigenvalue weighted by Crippen LogP contribution is -2.07. The van der Waals surface area contributed by atoms with E-state index in [4.69, 9.17) is 19.4 Å². The highest BCUT2D eigenvalue weighted by Crippen LogP contribution is 2.47. The van der Waals surface area contributed by atoms with E-state index in [-0.39, 0.29) is 0 Å². The Labute approximate surface area is 378 Å². The molecule has 14 aromatic rings. The van der Waals surface area contributed by atoms with E-state index < -0.39 is 0 Å². The van der Waals surface area contributed by atoms with Gasteiger partial charge in [0, 0.05) is 49.2 Å². The van der Waals surface area contributed by atoms with Crippen LogP contribution in [0.2, 0.25) is 0 Å². The second-order valence-corrected chi connectivity index (χ2v) is 17.1. The van der Waals surface area contributed by atoms with Gasteiger partial charge in [-0.05, 0) is 61.0 Å². The van der Waals surface area contributed by atoms with Gasteiger partial charge in [0.15, 0.2) is 11.6 Å². The van der Waals surface area contributed by atoms with E-state index in [9.17, 15) is 0 Å². The van der Waals surface area contributed by atoms with Crippen LogP contribution in [0.5, 0.6) is 0 Å². The Balaban J connectivity index is 1.12. The van der Waals surface area contributed by atoms with Crippen LogP contribution >= 0.6 is 0 Å². The number of nitrogens with zero attached hydrogens (tertiary/aromatic N) is 4. The lowest BCUT2D eigenvalue weighted by atomic mass is 9.95. The minimum atomic E-state index is 0.533. The highest BCUT2D eigenvalue weighted by atomic mass is 16.3. The molecule has 0 saturated heterocycles. The maximum absolute atomic E-state index is 6.94. The molecule has 0 aliphatic heterocycles. The monoisotopic (exact) mass is 840 g/mol. The quantitative estimate of drug-likeness (QED) is 0.162. The number of hydrogen-bond donors (Lipinski definition) is 0. The molecule has 11 aromatic carbocycles. The average Bonchev–Trinajstić information content (AvgIpc) is 3.96. The molecule has 0 aliphatic carbocycles. The van der Waals surface area contributed by atoms with Gasteiger partial charge in [0.05, 0.1) is 11.0 Å². The molecule has 0 spiro atoms. The molecular formula is C61H36N4O. The maximum Gasteiger partial charge on any atom is 0.238 e. The number of aromatic nitrogens is 4. The molecule has 0 fully saturated rings. The van der Waals surface area contributed by atoms with Gasteiger partial charge in [-0.3, -0.25) is 4.57 Å². The Morgan fingerprint density at radius 3 is 1.68 bits per heavy atom. The largest absolute Gasteiger partial charge is 0.455 e. The molecule has 0 saturated carbocycles. The molecule has 14 rings (SSSR count). The Bertz CT molecular complexity index is 4280. The van der Waals surface area contributed by atoms with Gasteiger partial charge in [-0.25, -0.2) is 4.98 Å². The summed E-state index contributed by atoms with van der Waals surface area (Å²) in [5, 5.41) is 13.7. The predicted octanol–water partition coefficient (Wildman–Crippen LogP) is 16.1. The number of para-hydroxylation sites is 2. The highest BCUT2D eigenvalue weighted by molar-refractivity contribution is 6.33. The fourth-order valence-electron chi connectivity index (χ4n) is 10.4. The minimum absolute atomic E-state index is 0.533. The van der Waals surface area contributed by atoms with E-state index in [1.54, 1.807) is 0 Å². The molecule has 0 amide bonds. The van der Waals surface area contributed by atoms with E-state index in [1.807, 2.05) is 6.07 Å². The van der Waals surface area contributed by atoms with Gasteiger partial charge in [0.1, 0.15) is 11.2 Å².